The lowest BCUT2D eigenvalue weighted by atomic mass is 9.97. The van der Waals surface area contributed by atoms with Crippen LogP contribution in [-0.2, 0) is 4.79 Å². The lowest BCUT2D eigenvalue weighted by Crippen LogP contribution is -2.49. The van der Waals surface area contributed by atoms with Crippen LogP contribution in [0.1, 0.15) is 26.7 Å². The highest BCUT2D eigenvalue weighted by Crippen LogP contribution is 2.31. The van der Waals surface area contributed by atoms with Crippen LogP contribution in [0.2, 0.25) is 0 Å². The van der Waals surface area contributed by atoms with Gasteiger partial charge in [0.2, 0.25) is 5.60 Å². The number of halogens is 3. The summed E-state index contributed by atoms with van der Waals surface area (Å²) in [7, 11) is 0. The summed E-state index contributed by atoms with van der Waals surface area (Å²) in [6.07, 6.45) is -4.84. The van der Waals surface area contributed by atoms with Gasteiger partial charge in [-0.2, -0.15) is 13.2 Å². The van der Waals surface area contributed by atoms with E-state index in [1.165, 1.54) is 0 Å². The van der Waals surface area contributed by atoms with E-state index >= 15 is 0 Å². The van der Waals surface area contributed by atoms with Crippen LogP contribution in [-0.4, -0.2) is 22.7 Å². The predicted molar refractivity (Wildman–Crippen MR) is 36.6 cm³/mol. The zero-order valence-corrected chi connectivity index (χ0v) is 6.90. The van der Waals surface area contributed by atoms with Crippen molar-refractivity contribution in [3.8, 4) is 0 Å². The van der Waals surface area contributed by atoms with Gasteiger partial charge in [0.1, 0.15) is 0 Å². The summed E-state index contributed by atoms with van der Waals surface area (Å²) in [4.78, 5) is 10.7. The minimum absolute atomic E-state index is 0.257. The number of ketones is 1. The number of carbonyl (C=O) groups excluding carboxylic acids is 1. The predicted octanol–water partition coefficient (Wildman–Crippen LogP) is 1.67. The van der Waals surface area contributed by atoms with Crippen molar-refractivity contribution in [2.45, 2.75) is 38.5 Å². The van der Waals surface area contributed by atoms with E-state index in [0.29, 0.717) is 13.3 Å². The Kier molecular flexibility index (Phi) is 3.26. The molecule has 1 unspecified atom stereocenters. The lowest BCUT2D eigenvalue weighted by molar-refractivity contribution is -0.244. The highest BCUT2D eigenvalue weighted by Gasteiger charge is 2.54. The Morgan fingerprint density at radius 2 is 1.83 bits per heavy atom. The lowest BCUT2D eigenvalue weighted by Gasteiger charge is -2.24. The van der Waals surface area contributed by atoms with Gasteiger partial charge in [0, 0.05) is 6.42 Å². The number of rotatable bonds is 3. The Morgan fingerprint density at radius 3 is 2.08 bits per heavy atom. The summed E-state index contributed by atoms with van der Waals surface area (Å²) < 4.78 is 35.8. The maximum atomic E-state index is 11.9. The fourth-order valence-electron chi connectivity index (χ4n) is 0.629. The van der Waals surface area contributed by atoms with Crippen LogP contribution in [0.4, 0.5) is 13.2 Å². The van der Waals surface area contributed by atoms with Crippen LogP contribution in [0.3, 0.4) is 0 Å². The van der Waals surface area contributed by atoms with Crippen LogP contribution in [0.25, 0.3) is 0 Å². The molecule has 0 aromatic carbocycles. The number of carbonyl (C=O) groups is 1. The zero-order valence-electron chi connectivity index (χ0n) is 6.90. The smallest absolute Gasteiger partial charge is 0.374 e. The molecule has 0 aliphatic carbocycles. The Bertz CT molecular complexity index is 172. The molecule has 2 nitrogen and oxygen atoms in total. The Balaban J connectivity index is 4.50. The molecule has 0 aromatic rings. The first-order valence-corrected chi connectivity index (χ1v) is 3.56. The van der Waals surface area contributed by atoms with Crippen molar-refractivity contribution in [2.75, 3.05) is 0 Å². The Labute approximate surface area is 68.4 Å². The highest BCUT2D eigenvalue weighted by atomic mass is 19.4. The third-order valence-corrected chi connectivity index (χ3v) is 1.57. The molecule has 0 spiro atoms. The average Bonchev–Trinajstić information content (AvgIpc) is 1.85. The van der Waals surface area contributed by atoms with E-state index in [1.54, 1.807) is 6.92 Å². The number of aliphatic hydroxyl groups is 1. The van der Waals surface area contributed by atoms with Crippen molar-refractivity contribution in [1.29, 1.82) is 0 Å². The summed E-state index contributed by atoms with van der Waals surface area (Å²) in [5.74, 6) is -1.18. The number of hydrogen-bond acceptors (Lipinski definition) is 2. The summed E-state index contributed by atoms with van der Waals surface area (Å²) in [5, 5.41) is 8.78. The summed E-state index contributed by atoms with van der Waals surface area (Å²) in [6, 6.07) is 0. The third kappa shape index (κ3) is 2.20. The van der Waals surface area contributed by atoms with Crippen LogP contribution in [0.15, 0.2) is 0 Å². The summed E-state index contributed by atoms with van der Waals surface area (Å²) in [6.45, 7) is 2.05. The molecule has 0 saturated heterocycles. The molecular formula is C7H11F3O2. The molecule has 0 fully saturated rings. The van der Waals surface area contributed by atoms with Gasteiger partial charge in [-0.1, -0.05) is 6.92 Å². The molecule has 0 aliphatic heterocycles. The van der Waals surface area contributed by atoms with Gasteiger partial charge in [-0.25, -0.2) is 0 Å². The minimum Gasteiger partial charge on any atom is -0.374 e. The van der Waals surface area contributed by atoms with Crippen molar-refractivity contribution < 1.29 is 23.1 Å². The first-order chi connectivity index (χ1) is 5.23. The molecule has 0 heterocycles. The fraction of sp³-hybridized carbons (Fsp3) is 0.857. The Morgan fingerprint density at radius 1 is 1.42 bits per heavy atom. The van der Waals surface area contributed by atoms with Gasteiger partial charge in [0.25, 0.3) is 0 Å². The molecule has 5 heteroatoms. The van der Waals surface area contributed by atoms with Crippen LogP contribution >= 0.6 is 0 Å². The molecule has 0 aromatic heterocycles. The molecule has 0 saturated carbocycles. The monoisotopic (exact) mass is 184 g/mol. The van der Waals surface area contributed by atoms with Gasteiger partial charge < -0.3 is 5.11 Å². The second-order valence-corrected chi connectivity index (χ2v) is 2.74. The Hall–Kier alpha value is -0.580. The van der Waals surface area contributed by atoms with E-state index in [9.17, 15) is 18.0 Å². The van der Waals surface area contributed by atoms with Crippen LogP contribution in [0.5, 0.6) is 0 Å². The number of alkyl halides is 3. The normalized spacial score (nSPS) is 17.2. The van der Waals surface area contributed by atoms with Crippen LogP contribution < -0.4 is 0 Å². The van der Waals surface area contributed by atoms with E-state index in [4.69, 9.17) is 5.11 Å². The van der Waals surface area contributed by atoms with Gasteiger partial charge in [-0.15, -0.1) is 0 Å². The molecule has 0 aliphatic rings. The third-order valence-electron chi connectivity index (χ3n) is 1.57. The topological polar surface area (TPSA) is 37.3 Å². The minimum atomic E-state index is -4.88. The van der Waals surface area contributed by atoms with Gasteiger partial charge in [0.15, 0.2) is 5.78 Å². The van der Waals surface area contributed by atoms with Crippen molar-refractivity contribution in [3.05, 3.63) is 0 Å². The van der Waals surface area contributed by atoms with Gasteiger partial charge in [-0.05, 0) is 13.3 Å². The van der Waals surface area contributed by atoms with E-state index in [0.717, 1.165) is 0 Å². The quantitative estimate of drug-likeness (QED) is 0.724. The average molecular weight is 184 g/mol. The van der Waals surface area contributed by atoms with Crippen molar-refractivity contribution in [2.24, 2.45) is 0 Å². The maximum absolute atomic E-state index is 11.9. The van der Waals surface area contributed by atoms with Gasteiger partial charge >= 0.3 is 6.18 Å². The molecule has 0 radical (unpaired) electrons. The van der Waals surface area contributed by atoms with Crippen LogP contribution in [0, 0.1) is 0 Å². The summed E-state index contributed by atoms with van der Waals surface area (Å²) >= 11 is 0. The summed E-state index contributed by atoms with van der Waals surface area (Å²) in [5.41, 5.74) is -3.19. The maximum Gasteiger partial charge on any atom is 0.424 e. The first-order valence-electron chi connectivity index (χ1n) is 3.56. The van der Waals surface area contributed by atoms with E-state index in [1.807, 2.05) is 0 Å². The molecule has 12 heavy (non-hydrogen) atoms. The van der Waals surface area contributed by atoms with Gasteiger partial charge in [0.05, 0.1) is 0 Å². The van der Waals surface area contributed by atoms with E-state index in [2.05, 4.69) is 0 Å². The second kappa shape index (κ2) is 3.43. The van der Waals surface area contributed by atoms with Crippen molar-refractivity contribution in [3.63, 3.8) is 0 Å². The standard InChI is InChI=1S/C7H11F3O2/c1-3-4-5(11)6(2,12)7(8,9)10/h12H,3-4H2,1-2H3. The molecule has 0 rings (SSSR count). The molecular weight excluding hydrogens is 173 g/mol. The largest absolute Gasteiger partial charge is 0.424 e. The molecule has 0 amide bonds. The van der Waals surface area contributed by atoms with E-state index in [-0.39, 0.29) is 6.42 Å². The molecule has 0 bridgehead atoms. The van der Waals surface area contributed by atoms with Crippen molar-refractivity contribution >= 4 is 5.78 Å². The molecule has 1 N–H and O–H groups in total. The second-order valence-electron chi connectivity index (χ2n) is 2.74. The molecule has 1 atom stereocenters. The van der Waals surface area contributed by atoms with Gasteiger partial charge in [-0.3, -0.25) is 4.79 Å². The number of hydrogen-bond donors (Lipinski definition) is 1. The highest BCUT2D eigenvalue weighted by molar-refractivity contribution is 5.87. The van der Waals surface area contributed by atoms with Crippen molar-refractivity contribution in [1.82, 2.24) is 0 Å². The molecule has 72 valence electrons. The fourth-order valence-corrected chi connectivity index (χ4v) is 0.629. The first kappa shape index (κ1) is 11.4. The van der Waals surface area contributed by atoms with E-state index < -0.39 is 17.6 Å². The SMILES string of the molecule is CCCC(=O)C(C)(O)C(F)(F)F. The zero-order chi connectivity index (χ0) is 9.99. The number of Topliss-reactive ketones (excluding diaryl/α,β-unsaturated/α-hetero) is 1.